The molecule has 1 atom stereocenters. The fraction of sp³-hybridized carbons (Fsp3) is 0.929. The van der Waals surface area contributed by atoms with E-state index in [0.29, 0.717) is 6.04 Å². The molecule has 1 rings (SSSR count). The predicted molar refractivity (Wildman–Crippen MR) is 75.3 cm³/mol. The number of nitrogens with two attached hydrogens (primary N) is 1. The quantitative estimate of drug-likeness (QED) is 0.805. The second kappa shape index (κ2) is 7.10. The summed E-state index contributed by atoms with van der Waals surface area (Å²) in [7, 11) is 0. The van der Waals surface area contributed by atoms with Crippen LogP contribution in [-0.2, 0) is 4.79 Å². The summed E-state index contributed by atoms with van der Waals surface area (Å²) in [5.74, 6) is 0.348. The third-order valence-electron chi connectivity index (χ3n) is 4.11. The lowest BCUT2D eigenvalue weighted by atomic mass is 9.99. The van der Waals surface area contributed by atoms with E-state index in [1.54, 1.807) is 0 Å². The average molecular weight is 255 g/mol. The van der Waals surface area contributed by atoms with E-state index in [1.807, 2.05) is 18.7 Å². The summed E-state index contributed by atoms with van der Waals surface area (Å²) < 4.78 is 0. The molecule has 1 heterocycles. The Morgan fingerprint density at radius 3 is 2.17 bits per heavy atom. The van der Waals surface area contributed by atoms with E-state index in [1.165, 1.54) is 0 Å². The molecular formula is C14H29N3O. The number of carbonyl (C=O) groups is 1. The van der Waals surface area contributed by atoms with E-state index in [9.17, 15) is 4.79 Å². The first-order valence-corrected chi connectivity index (χ1v) is 7.29. The topological polar surface area (TPSA) is 49.6 Å². The molecule has 0 radical (unpaired) electrons. The van der Waals surface area contributed by atoms with Crippen LogP contribution in [0.15, 0.2) is 0 Å². The lowest BCUT2D eigenvalue weighted by Crippen LogP contribution is -2.52. The van der Waals surface area contributed by atoms with Gasteiger partial charge in [-0.1, -0.05) is 27.7 Å². The van der Waals surface area contributed by atoms with Gasteiger partial charge in [-0.05, 0) is 31.8 Å². The van der Waals surface area contributed by atoms with Crippen LogP contribution in [0.2, 0.25) is 0 Å². The zero-order valence-electron chi connectivity index (χ0n) is 12.4. The lowest BCUT2D eigenvalue weighted by Gasteiger charge is -2.38. The Labute approximate surface area is 111 Å². The van der Waals surface area contributed by atoms with Crippen LogP contribution in [0.3, 0.4) is 0 Å². The first-order chi connectivity index (χ1) is 8.51. The van der Waals surface area contributed by atoms with Gasteiger partial charge in [-0.25, -0.2) is 0 Å². The van der Waals surface area contributed by atoms with Gasteiger partial charge in [0, 0.05) is 19.1 Å². The molecule has 0 aliphatic carbocycles. The maximum atomic E-state index is 12.1. The molecule has 1 aliphatic heterocycles. The molecule has 18 heavy (non-hydrogen) atoms. The van der Waals surface area contributed by atoms with E-state index < -0.39 is 0 Å². The monoisotopic (exact) mass is 255 g/mol. The maximum Gasteiger partial charge on any atom is 0.239 e. The third kappa shape index (κ3) is 3.69. The van der Waals surface area contributed by atoms with Crippen LogP contribution in [0.5, 0.6) is 0 Å². The molecule has 0 aromatic heterocycles. The number of hydrogen-bond acceptors (Lipinski definition) is 3. The minimum atomic E-state index is -0.338. The zero-order valence-corrected chi connectivity index (χ0v) is 12.4. The van der Waals surface area contributed by atoms with Crippen LogP contribution >= 0.6 is 0 Å². The molecule has 1 aliphatic rings. The van der Waals surface area contributed by atoms with E-state index in [0.717, 1.165) is 39.0 Å². The second-order valence-corrected chi connectivity index (χ2v) is 5.55. The molecule has 0 spiro atoms. The van der Waals surface area contributed by atoms with Crippen molar-refractivity contribution in [3.63, 3.8) is 0 Å². The average Bonchev–Trinajstić information content (AvgIpc) is 2.39. The largest absolute Gasteiger partial charge is 0.341 e. The van der Waals surface area contributed by atoms with E-state index in [-0.39, 0.29) is 17.9 Å². The molecule has 1 amide bonds. The van der Waals surface area contributed by atoms with Gasteiger partial charge in [0.05, 0.1) is 6.04 Å². The Bertz CT molecular complexity index is 256. The SMILES string of the molecule is CCN(CC)C1CCN(C(=O)[C@@H](N)C(C)C)CC1. The molecule has 4 heteroatoms. The Morgan fingerprint density at radius 1 is 1.28 bits per heavy atom. The summed E-state index contributed by atoms with van der Waals surface area (Å²) in [6.07, 6.45) is 2.16. The standard InChI is InChI=1S/C14H29N3O/c1-5-16(6-2)12-7-9-17(10-8-12)14(18)13(15)11(3)4/h11-13H,5-10,15H2,1-4H3/t13-/m0/s1. The van der Waals surface area contributed by atoms with Gasteiger partial charge in [0.15, 0.2) is 0 Å². The van der Waals surface area contributed by atoms with Gasteiger partial charge in [0.25, 0.3) is 0 Å². The Morgan fingerprint density at radius 2 is 1.78 bits per heavy atom. The number of rotatable bonds is 5. The molecule has 106 valence electrons. The molecule has 2 N–H and O–H groups in total. The van der Waals surface area contributed by atoms with Gasteiger partial charge in [0.1, 0.15) is 0 Å². The van der Waals surface area contributed by atoms with Crippen LogP contribution in [0, 0.1) is 5.92 Å². The lowest BCUT2D eigenvalue weighted by molar-refractivity contribution is -0.135. The fourth-order valence-corrected chi connectivity index (χ4v) is 2.69. The number of amides is 1. The highest BCUT2D eigenvalue weighted by Gasteiger charge is 2.29. The van der Waals surface area contributed by atoms with Crippen molar-refractivity contribution < 1.29 is 4.79 Å². The first-order valence-electron chi connectivity index (χ1n) is 7.29. The minimum absolute atomic E-state index is 0.128. The summed E-state index contributed by atoms with van der Waals surface area (Å²) in [6.45, 7) is 12.3. The number of nitrogens with zero attached hydrogens (tertiary/aromatic N) is 2. The van der Waals surface area contributed by atoms with E-state index in [2.05, 4.69) is 18.7 Å². The van der Waals surface area contributed by atoms with E-state index in [4.69, 9.17) is 5.73 Å². The second-order valence-electron chi connectivity index (χ2n) is 5.55. The van der Waals surface area contributed by atoms with Crippen molar-refractivity contribution in [2.75, 3.05) is 26.2 Å². The van der Waals surface area contributed by atoms with Crippen molar-refractivity contribution in [1.29, 1.82) is 0 Å². The maximum absolute atomic E-state index is 12.1. The van der Waals surface area contributed by atoms with Gasteiger partial charge < -0.3 is 15.5 Å². The normalized spacial score (nSPS) is 19.6. The predicted octanol–water partition coefficient (Wildman–Crippen LogP) is 1.30. The van der Waals surface area contributed by atoms with Gasteiger partial charge in [0.2, 0.25) is 5.91 Å². The Kier molecular flexibility index (Phi) is 6.09. The van der Waals surface area contributed by atoms with Crippen molar-refractivity contribution in [1.82, 2.24) is 9.80 Å². The van der Waals surface area contributed by atoms with Gasteiger partial charge in [-0.2, -0.15) is 0 Å². The molecule has 0 aromatic rings. The van der Waals surface area contributed by atoms with Crippen molar-refractivity contribution in [3.8, 4) is 0 Å². The van der Waals surface area contributed by atoms with Crippen molar-refractivity contribution in [2.24, 2.45) is 11.7 Å². The van der Waals surface area contributed by atoms with Crippen molar-refractivity contribution in [2.45, 2.75) is 52.6 Å². The molecule has 4 nitrogen and oxygen atoms in total. The van der Waals surface area contributed by atoms with Crippen molar-refractivity contribution >= 4 is 5.91 Å². The summed E-state index contributed by atoms with van der Waals surface area (Å²) in [5, 5.41) is 0. The number of likely N-dealkylation sites (tertiary alicyclic amines) is 1. The zero-order chi connectivity index (χ0) is 13.7. The molecule has 0 aromatic carbocycles. The highest BCUT2D eigenvalue weighted by atomic mass is 16.2. The fourth-order valence-electron chi connectivity index (χ4n) is 2.69. The molecule has 1 saturated heterocycles. The minimum Gasteiger partial charge on any atom is -0.341 e. The summed E-state index contributed by atoms with van der Waals surface area (Å²) in [5.41, 5.74) is 5.94. The van der Waals surface area contributed by atoms with Crippen LogP contribution in [-0.4, -0.2) is 54.0 Å². The molecule has 0 bridgehead atoms. The summed E-state index contributed by atoms with van der Waals surface area (Å²) in [6, 6.07) is 0.300. The van der Waals surface area contributed by atoms with Gasteiger partial charge >= 0.3 is 0 Å². The Hall–Kier alpha value is -0.610. The first kappa shape index (κ1) is 15.4. The number of hydrogen-bond donors (Lipinski definition) is 1. The molecular weight excluding hydrogens is 226 g/mol. The smallest absolute Gasteiger partial charge is 0.239 e. The molecule has 1 fully saturated rings. The van der Waals surface area contributed by atoms with Gasteiger partial charge in [-0.3, -0.25) is 4.79 Å². The number of carbonyl (C=O) groups excluding carboxylic acids is 1. The van der Waals surface area contributed by atoms with Crippen LogP contribution in [0.1, 0.15) is 40.5 Å². The number of piperidine rings is 1. The Balaban J connectivity index is 2.46. The van der Waals surface area contributed by atoms with Crippen LogP contribution in [0.4, 0.5) is 0 Å². The van der Waals surface area contributed by atoms with Crippen LogP contribution < -0.4 is 5.73 Å². The summed E-state index contributed by atoms with van der Waals surface area (Å²) in [4.78, 5) is 16.6. The van der Waals surface area contributed by atoms with Crippen molar-refractivity contribution in [3.05, 3.63) is 0 Å². The highest BCUT2D eigenvalue weighted by molar-refractivity contribution is 5.82. The summed E-state index contributed by atoms with van der Waals surface area (Å²) >= 11 is 0. The molecule has 0 saturated carbocycles. The highest BCUT2D eigenvalue weighted by Crippen LogP contribution is 2.17. The third-order valence-corrected chi connectivity index (χ3v) is 4.11. The van der Waals surface area contributed by atoms with Gasteiger partial charge in [-0.15, -0.1) is 0 Å². The van der Waals surface area contributed by atoms with Crippen LogP contribution in [0.25, 0.3) is 0 Å². The molecule has 0 unspecified atom stereocenters. The van der Waals surface area contributed by atoms with E-state index >= 15 is 0 Å².